The highest BCUT2D eigenvalue weighted by molar-refractivity contribution is 5.71. The van der Waals surface area contributed by atoms with Gasteiger partial charge in [0.05, 0.1) is 12.8 Å². The number of fused-ring (bicyclic) bond motifs is 5. The van der Waals surface area contributed by atoms with Gasteiger partial charge < -0.3 is 9.15 Å². The summed E-state index contributed by atoms with van der Waals surface area (Å²) in [5.74, 6) is 2.47. The Labute approximate surface area is 209 Å². The van der Waals surface area contributed by atoms with Crippen LogP contribution in [0, 0.1) is 28.6 Å². The maximum atomic E-state index is 12.6. The average Bonchev–Trinajstić information content (AvgIpc) is 3.47. The van der Waals surface area contributed by atoms with E-state index < -0.39 is 0 Å². The number of carbonyl (C=O) groups excluding carboxylic acids is 1. The van der Waals surface area contributed by atoms with Crippen molar-refractivity contribution in [3.8, 4) is 0 Å². The van der Waals surface area contributed by atoms with Crippen LogP contribution in [0.2, 0.25) is 0 Å². The first kappa shape index (κ1) is 23.5. The predicted octanol–water partition coefficient (Wildman–Crippen LogP) is 5.69. The number of allylic oxidation sites excluding steroid dienone is 2. The van der Waals surface area contributed by atoms with E-state index in [0.717, 1.165) is 38.3 Å². The van der Waals surface area contributed by atoms with Crippen LogP contribution in [0.5, 0.6) is 0 Å². The molecule has 1 saturated heterocycles. The van der Waals surface area contributed by atoms with E-state index in [1.165, 1.54) is 50.5 Å². The van der Waals surface area contributed by atoms with Crippen molar-refractivity contribution in [2.45, 2.75) is 90.1 Å². The molecule has 5 aliphatic rings. The maximum absolute atomic E-state index is 12.6. The second kappa shape index (κ2) is 8.90. The first-order valence-corrected chi connectivity index (χ1v) is 14.1. The minimum Gasteiger partial charge on any atom is -0.461 e. The van der Waals surface area contributed by atoms with Gasteiger partial charge in [-0.1, -0.05) is 25.5 Å². The van der Waals surface area contributed by atoms with E-state index in [2.05, 4.69) is 24.8 Å². The molecule has 4 fully saturated rings. The van der Waals surface area contributed by atoms with Crippen molar-refractivity contribution in [2.24, 2.45) is 28.6 Å². The summed E-state index contributed by atoms with van der Waals surface area (Å²) in [4.78, 5) is 26.3. The van der Waals surface area contributed by atoms with E-state index in [4.69, 9.17) is 9.15 Å². The van der Waals surface area contributed by atoms with Crippen molar-refractivity contribution in [3.05, 3.63) is 46.0 Å². The molecule has 3 saturated carbocycles. The number of hydrogen-bond donors (Lipinski definition) is 0. The monoisotopic (exact) mass is 479 g/mol. The lowest BCUT2D eigenvalue weighted by molar-refractivity contribution is -0.158. The number of ether oxygens (including phenoxy) is 1. The van der Waals surface area contributed by atoms with Crippen molar-refractivity contribution in [1.29, 1.82) is 0 Å². The Morgan fingerprint density at radius 1 is 1.11 bits per heavy atom. The van der Waals surface area contributed by atoms with Gasteiger partial charge in [0, 0.05) is 6.07 Å². The summed E-state index contributed by atoms with van der Waals surface area (Å²) in [5.41, 5.74) is 3.11. The first-order valence-electron chi connectivity index (χ1n) is 14.1. The summed E-state index contributed by atoms with van der Waals surface area (Å²) in [5, 5.41) is 0. The fraction of sp³-hybridized carbons (Fsp3) is 0.733. The number of esters is 1. The summed E-state index contributed by atoms with van der Waals surface area (Å²) in [6.45, 7) is 7.57. The van der Waals surface area contributed by atoms with Crippen molar-refractivity contribution >= 4 is 5.97 Å². The van der Waals surface area contributed by atoms with E-state index >= 15 is 0 Å². The number of likely N-dealkylation sites (tertiary alicyclic amines) is 1. The van der Waals surface area contributed by atoms with Gasteiger partial charge in [0.15, 0.2) is 0 Å². The van der Waals surface area contributed by atoms with E-state index in [1.807, 2.05) is 6.07 Å². The van der Waals surface area contributed by atoms with Crippen molar-refractivity contribution in [2.75, 3.05) is 19.6 Å². The SMILES string of the molecule is CC12CCC3C(CCC4CC(OC(=O)CN5CCCC5)CCC43C)C1=CCC2c1ccc(=O)oc1. The molecule has 190 valence electrons. The standard InChI is InChI=1S/C30H41NO4/c1-29-13-11-22(35-28(33)18-31-15-3-4-16-31)17-21(29)6-7-23-25-9-8-24(20-5-10-27(32)34-19-20)30(25,2)14-12-26(23)29/h5,9-10,19,21-24,26H,3-4,6-8,11-18H2,1-2H3. The number of rotatable bonds is 4. The topological polar surface area (TPSA) is 59.8 Å². The largest absolute Gasteiger partial charge is 0.461 e. The van der Waals surface area contributed by atoms with Crippen LogP contribution in [0.1, 0.15) is 89.5 Å². The normalized spacial score (nSPS) is 41.0. The van der Waals surface area contributed by atoms with Gasteiger partial charge in [-0.05, 0) is 123 Å². The lowest BCUT2D eigenvalue weighted by Crippen LogP contribution is -2.52. The summed E-state index contributed by atoms with van der Waals surface area (Å²) < 4.78 is 11.3. The molecule has 7 atom stereocenters. The highest BCUT2D eigenvalue weighted by Gasteiger charge is 2.58. The first-order chi connectivity index (χ1) is 16.9. The zero-order chi connectivity index (χ0) is 24.2. The molecular weight excluding hydrogens is 438 g/mol. The predicted molar refractivity (Wildman–Crippen MR) is 135 cm³/mol. The summed E-state index contributed by atoms with van der Waals surface area (Å²) >= 11 is 0. The van der Waals surface area contributed by atoms with Crippen LogP contribution >= 0.6 is 0 Å². The molecule has 7 unspecified atom stereocenters. The van der Waals surface area contributed by atoms with Crippen LogP contribution < -0.4 is 5.63 Å². The van der Waals surface area contributed by atoms with Crippen molar-refractivity contribution < 1.29 is 13.9 Å². The summed E-state index contributed by atoms with van der Waals surface area (Å²) in [6.07, 6.45) is 16.1. The van der Waals surface area contributed by atoms with Gasteiger partial charge in [0.1, 0.15) is 6.10 Å². The fourth-order valence-electron chi connectivity index (χ4n) is 9.07. The number of hydrogen-bond acceptors (Lipinski definition) is 5. The molecule has 5 heteroatoms. The molecule has 0 spiro atoms. The Balaban J connectivity index is 1.13. The Morgan fingerprint density at radius 2 is 1.94 bits per heavy atom. The Hall–Kier alpha value is -1.88. The average molecular weight is 480 g/mol. The smallest absolute Gasteiger partial charge is 0.335 e. The van der Waals surface area contributed by atoms with Gasteiger partial charge in [-0.15, -0.1) is 0 Å². The summed E-state index contributed by atoms with van der Waals surface area (Å²) in [6, 6.07) is 3.56. The second-order valence-corrected chi connectivity index (χ2v) is 12.7. The lowest BCUT2D eigenvalue weighted by Gasteiger charge is -2.59. The van der Waals surface area contributed by atoms with E-state index in [-0.39, 0.29) is 23.1 Å². The van der Waals surface area contributed by atoms with Crippen LogP contribution in [-0.4, -0.2) is 36.6 Å². The Morgan fingerprint density at radius 3 is 2.71 bits per heavy atom. The molecular formula is C30H41NO4. The molecule has 0 radical (unpaired) electrons. The van der Waals surface area contributed by atoms with Gasteiger partial charge >= 0.3 is 11.6 Å². The molecule has 35 heavy (non-hydrogen) atoms. The molecule has 1 aromatic heterocycles. The zero-order valence-electron chi connectivity index (χ0n) is 21.5. The van der Waals surface area contributed by atoms with Crippen LogP contribution in [0.15, 0.2) is 39.3 Å². The number of nitrogens with zero attached hydrogens (tertiary/aromatic N) is 1. The van der Waals surface area contributed by atoms with Gasteiger partial charge in [-0.3, -0.25) is 9.69 Å². The zero-order valence-corrected chi connectivity index (χ0v) is 21.5. The minimum atomic E-state index is -0.266. The van der Waals surface area contributed by atoms with E-state index in [9.17, 15) is 9.59 Å². The van der Waals surface area contributed by atoms with Crippen LogP contribution in [0.3, 0.4) is 0 Å². The minimum absolute atomic E-state index is 0.0125. The van der Waals surface area contributed by atoms with E-state index in [1.54, 1.807) is 17.9 Å². The quantitative estimate of drug-likeness (QED) is 0.410. The molecule has 1 aliphatic heterocycles. The van der Waals surface area contributed by atoms with Crippen molar-refractivity contribution in [1.82, 2.24) is 4.90 Å². The molecule has 0 bridgehead atoms. The van der Waals surface area contributed by atoms with Crippen LogP contribution in [0.25, 0.3) is 0 Å². The Kier molecular flexibility index (Phi) is 5.98. The number of carbonyl (C=O) groups is 1. The van der Waals surface area contributed by atoms with E-state index in [0.29, 0.717) is 29.7 Å². The van der Waals surface area contributed by atoms with Crippen LogP contribution in [-0.2, 0) is 9.53 Å². The van der Waals surface area contributed by atoms with Gasteiger partial charge in [-0.2, -0.15) is 0 Å². The fourth-order valence-corrected chi connectivity index (χ4v) is 9.07. The van der Waals surface area contributed by atoms with Crippen molar-refractivity contribution in [3.63, 3.8) is 0 Å². The lowest BCUT2D eigenvalue weighted by atomic mass is 9.46. The van der Waals surface area contributed by atoms with Crippen LogP contribution in [0.4, 0.5) is 0 Å². The highest BCUT2D eigenvalue weighted by atomic mass is 16.5. The maximum Gasteiger partial charge on any atom is 0.335 e. The van der Waals surface area contributed by atoms with Gasteiger partial charge in [0.25, 0.3) is 0 Å². The Bertz CT molecular complexity index is 1030. The molecule has 1 aromatic rings. The molecule has 4 aliphatic carbocycles. The third-order valence-corrected chi connectivity index (χ3v) is 11.0. The molecule has 5 nitrogen and oxygen atoms in total. The molecule has 0 amide bonds. The molecule has 0 aromatic carbocycles. The second-order valence-electron chi connectivity index (χ2n) is 12.7. The highest BCUT2D eigenvalue weighted by Crippen LogP contribution is 2.67. The summed E-state index contributed by atoms with van der Waals surface area (Å²) in [7, 11) is 0. The third kappa shape index (κ3) is 4.02. The third-order valence-electron chi connectivity index (χ3n) is 11.0. The van der Waals surface area contributed by atoms with Gasteiger partial charge in [-0.25, -0.2) is 4.79 Å². The molecule has 2 heterocycles. The van der Waals surface area contributed by atoms with Gasteiger partial charge in [0.2, 0.25) is 0 Å². The molecule has 6 rings (SSSR count). The molecule has 0 N–H and O–H groups in total.